The summed E-state index contributed by atoms with van der Waals surface area (Å²) in [6.07, 6.45) is 0.291. The van der Waals surface area contributed by atoms with Gasteiger partial charge in [-0.3, -0.25) is 4.79 Å². The molecule has 0 aliphatic carbocycles. The highest BCUT2D eigenvalue weighted by atomic mass is 79.9. The van der Waals surface area contributed by atoms with Crippen LogP contribution in [0.2, 0.25) is 0 Å². The first-order valence-electron chi connectivity index (χ1n) is 4.99. The molecule has 0 saturated carbocycles. The predicted molar refractivity (Wildman–Crippen MR) is 65.1 cm³/mol. The van der Waals surface area contributed by atoms with Gasteiger partial charge in [-0.2, -0.15) is 0 Å². The quantitative estimate of drug-likeness (QED) is 0.884. The summed E-state index contributed by atoms with van der Waals surface area (Å²) in [5, 5.41) is 2.80. The number of amides is 1. The lowest BCUT2D eigenvalue weighted by molar-refractivity contribution is -0.123. The minimum absolute atomic E-state index is 0.0797. The maximum Gasteiger partial charge on any atom is 0.226 e. The number of hydrogen-bond acceptors (Lipinski definition) is 3. The van der Waals surface area contributed by atoms with E-state index in [0.717, 1.165) is 10.2 Å². The van der Waals surface area contributed by atoms with Gasteiger partial charge in [0.2, 0.25) is 5.91 Å². The van der Waals surface area contributed by atoms with Crippen molar-refractivity contribution in [2.75, 3.05) is 18.5 Å². The number of hydrogen-bond donors (Lipinski definition) is 2. The van der Waals surface area contributed by atoms with Crippen LogP contribution < -0.4 is 11.1 Å². The lowest BCUT2D eigenvalue weighted by Crippen LogP contribution is -2.58. The van der Waals surface area contributed by atoms with Gasteiger partial charge < -0.3 is 15.8 Å². The van der Waals surface area contributed by atoms with Crippen LogP contribution in [0.4, 0.5) is 5.69 Å². The molecule has 1 saturated heterocycles. The van der Waals surface area contributed by atoms with Gasteiger partial charge in [0, 0.05) is 16.6 Å². The molecule has 0 bridgehead atoms. The van der Waals surface area contributed by atoms with E-state index in [1.165, 1.54) is 0 Å². The van der Waals surface area contributed by atoms with Crippen molar-refractivity contribution in [2.45, 2.75) is 12.0 Å². The number of nitrogens with one attached hydrogen (secondary N) is 1. The van der Waals surface area contributed by atoms with Gasteiger partial charge in [-0.15, -0.1) is 0 Å². The SMILES string of the molecule is NC1(CC(=O)Nc2cccc(Br)c2)COC1. The molecule has 1 aliphatic rings. The number of nitrogens with two attached hydrogens (primary N) is 1. The third-order valence-electron chi connectivity index (χ3n) is 2.40. The van der Waals surface area contributed by atoms with Crippen LogP contribution in [-0.2, 0) is 9.53 Å². The maximum absolute atomic E-state index is 11.7. The van der Waals surface area contributed by atoms with Crippen molar-refractivity contribution in [1.29, 1.82) is 0 Å². The Labute approximate surface area is 102 Å². The summed E-state index contributed by atoms with van der Waals surface area (Å²) in [7, 11) is 0. The molecule has 1 fully saturated rings. The fourth-order valence-corrected chi connectivity index (χ4v) is 1.96. The molecule has 1 aromatic rings. The van der Waals surface area contributed by atoms with Crippen LogP contribution >= 0.6 is 15.9 Å². The van der Waals surface area contributed by atoms with Crippen LogP contribution in [0.3, 0.4) is 0 Å². The summed E-state index contributed by atoms with van der Waals surface area (Å²) in [5.74, 6) is -0.0797. The molecule has 4 nitrogen and oxygen atoms in total. The van der Waals surface area contributed by atoms with Crippen LogP contribution in [0.25, 0.3) is 0 Å². The molecule has 16 heavy (non-hydrogen) atoms. The lowest BCUT2D eigenvalue weighted by Gasteiger charge is -2.37. The number of anilines is 1. The van der Waals surface area contributed by atoms with Crippen molar-refractivity contribution >= 4 is 27.5 Å². The monoisotopic (exact) mass is 284 g/mol. The molecule has 2 rings (SSSR count). The second-order valence-corrected chi connectivity index (χ2v) is 5.01. The zero-order valence-electron chi connectivity index (χ0n) is 8.70. The molecular weight excluding hydrogens is 272 g/mol. The van der Waals surface area contributed by atoms with E-state index in [1.54, 1.807) is 0 Å². The van der Waals surface area contributed by atoms with Crippen LogP contribution in [0, 0.1) is 0 Å². The average molecular weight is 285 g/mol. The normalized spacial score (nSPS) is 17.6. The van der Waals surface area contributed by atoms with E-state index >= 15 is 0 Å². The Kier molecular flexibility index (Phi) is 3.28. The number of rotatable bonds is 3. The highest BCUT2D eigenvalue weighted by molar-refractivity contribution is 9.10. The number of carbonyl (C=O) groups is 1. The Balaban J connectivity index is 1.92. The Morgan fingerprint density at radius 3 is 2.88 bits per heavy atom. The molecule has 5 heteroatoms. The van der Waals surface area contributed by atoms with Crippen molar-refractivity contribution in [1.82, 2.24) is 0 Å². The lowest BCUT2D eigenvalue weighted by atomic mass is 9.94. The van der Waals surface area contributed by atoms with Gasteiger partial charge in [-0.1, -0.05) is 22.0 Å². The first-order chi connectivity index (χ1) is 7.57. The smallest absolute Gasteiger partial charge is 0.226 e. The van der Waals surface area contributed by atoms with E-state index in [0.29, 0.717) is 19.6 Å². The van der Waals surface area contributed by atoms with Gasteiger partial charge in [0.1, 0.15) is 0 Å². The highest BCUT2D eigenvalue weighted by Gasteiger charge is 2.36. The second kappa shape index (κ2) is 4.53. The molecule has 86 valence electrons. The molecule has 0 atom stereocenters. The summed E-state index contributed by atoms with van der Waals surface area (Å²) < 4.78 is 5.93. The molecule has 1 heterocycles. The van der Waals surface area contributed by atoms with Gasteiger partial charge in [0.25, 0.3) is 0 Å². The average Bonchev–Trinajstić information content (AvgIpc) is 2.15. The molecule has 0 aromatic heterocycles. The third kappa shape index (κ3) is 2.81. The van der Waals surface area contributed by atoms with E-state index in [9.17, 15) is 4.79 Å². The number of ether oxygens (including phenoxy) is 1. The molecule has 1 aromatic carbocycles. The summed E-state index contributed by atoms with van der Waals surface area (Å²) in [6.45, 7) is 0.914. The number of benzene rings is 1. The number of halogens is 1. The van der Waals surface area contributed by atoms with Crippen LogP contribution in [0.5, 0.6) is 0 Å². The van der Waals surface area contributed by atoms with E-state index in [4.69, 9.17) is 10.5 Å². The van der Waals surface area contributed by atoms with Crippen LogP contribution in [0.1, 0.15) is 6.42 Å². The largest absolute Gasteiger partial charge is 0.377 e. The van der Waals surface area contributed by atoms with Gasteiger partial charge >= 0.3 is 0 Å². The zero-order valence-corrected chi connectivity index (χ0v) is 10.3. The molecular formula is C11H13BrN2O2. The van der Waals surface area contributed by atoms with Gasteiger partial charge in [-0.05, 0) is 18.2 Å². The fourth-order valence-electron chi connectivity index (χ4n) is 1.56. The minimum atomic E-state index is -0.476. The zero-order chi connectivity index (χ0) is 11.6. The topological polar surface area (TPSA) is 64.4 Å². The second-order valence-electron chi connectivity index (χ2n) is 4.09. The van der Waals surface area contributed by atoms with Crippen molar-refractivity contribution in [3.05, 3.63) is 28.7 Å². The fraction of sp³-hybridized carbons (Fsp3) is 0.364. The third-order valence-corrected chi connectivity index (χ3v) is 2.89. The Morgan fingerprint density at radius 2 is 2.31 bits per heavy atom. The van der Waals surface area contributed by atoms with Crippen molar-refractivity contribution < 1.29 is 9.53 Å². The van der Waals surface area contributed by atoms with Crippen molar-refractivity contribution in [3.8, 4) is 0 Å². The first kappa shape index (κ1) is 11.6. The Morgan fingerprint density at radius 1 is 1.56 bits per heavy atom. The summed E-state index contributed by atoms with van der Waals surface area (Å²) in [4.78, 5) is 11.7. The van der Waals surface area contributed by atoms with Crippen molar-refractivity contribution in [2.24, 2.45) is 5.73 Å². The Bertz CT molecular complexity index is 405. The van der Waals surface area contributed by atoms with Gasteiger partial charge in [0.15, 0.2) is 0 Å². The summed E-state index contributed by atoms with van der Waals surface area (Å²) >= 11 is 3.34. The van der Waals surface area contributed by atoms with E-state index < -0.39 is 5.54 Å². The molecule has 0 radical (unpaired) electrons. The van der Waals surface area contributed by atoms with Gasteiger partial charge in [-0.25, -0.2) is 0 Å². The number of carbonyl (C=O) groups excluding carboxylic acids is 1. The van der Waals surface area contributed by atoms with E-state index in [2.05, 4.69) is 21.2 Å². The first-order valence-corrected chi connectivity index (χ1v) is 5.79. The standard InChI is InChI=1S/C11H13BrN2O2/c12-8-2-1-3-9(4-8)14-10(15)5-11(13)6-16-7-11/h1-4H,5-7,13H2,(H,14,15). The van der Waals surface area contributed by atoms with Gasteiger partial charge in [0.05, 0.1) is 18.8 Å². The van der Waals surface area contributed by atoms with Crippen LogP contribution in [-0.4, -0.2) is 24.7 Å². The maximum atomic E-state index is 11.7. The van der Waals surface area contributed by atoms with E-state index in [1.807, 2.05) is 24.3 Å². The van der Waals surface area contributed by atoms with Crippen LogP contribution in [0.15, 0.2) is 28.7 Å². The molecule has 1 aliphatic heterocycles. The summed E-state index contributed by atoms with van der Waals surface area (Å²) in [6, 6.07) is 7.45. The molecule has 3 N–H and O–H groups in total. The van der Waals surface area contributed by atoms with E-state index in [-0.39, 0.29) is 5.91 Å². The van der Waals surface area contributed by atoms with Crippen molar-refractivity contribution in [3.63, 3.8) is 0 Å². The Hall–Kier alpha value is -0.910. The highest BCUT2D eigenvalue weighted by Crippen LogP contribution is 2.20. The molecule has 0 unspecified atom stereocenters. The molecule has 1 amide bonds. The molecule has 0 spiro atoms. The predicted octanol–water partition coefficient (Wildman–Crippen LogP) is 1.51. The summed E-state index contributed by atoms with van der Waals surface area (Å²) in [5.41, 5.74) is 6.18. The minimum Gasteiger partial charge on any atom is -0.377 e.